The number of carbonyl (C=O) groups excluding carboxylic acids is 1. The SMILES string of the molecule is Cc1ccc(CNc2nc3sccn3c2C=O)cc1F. The van der Waals surface area contributed by atoms with Gasteiger partial charge in [0.15, 0.2) is 17.1 Å². The molecular formula is C14H12FN3OS. The van der Waals surface area contributed by atoms with Crippen molar-refractivity contribution in [2.75, 3.05) is 5.32 Å². The largest absolute Gasteiger partial charge is 0.364 e. The molecule has 20 heavy (non-hydrogen) atoms. The lowest BCUT2D eigenvalue weighted by Gasteiger charge is -2.05. The first-order valence-electron chi connectivity index (χ1n) is 6.08. The van der Waals surface area contributed by atoms with Crippen molar-refractivity contribution in [3.05, 3.63) is 52.4 Å². The van der Waals surface area contributed by atoms with Crippen LogP contribution >= 0.6 is 11.3 Å². The van der Waals surface area contributed by atoms with Crippen LogP contribution in [0.3, 0.4) is 0 Å². The predicted molar refractivity (Wildman–Crippen MR) is 76.9 cm³/mol. The Morgan fingerprint density at radius 3 is 3.10 bits per heavy atom. The van der Waals surface area contributed by atoms with Gasteiger partial charge in [0.05, 0.1) is 0 Å². The minimum atomic E-state index is -0.231. The van der Waals surface area contributed by atoms with Crippen molar-refractivity contribution in [1.29, 1.82) is 0 Å². The quantitative estimate of drug-likeness (QED) is 0.750. The molecule has 1 N–H and O–H groups in total. The lowest BCUT2D eigenvalue weighted by atomic mass is 10.1. The molecule has 0 atom stereocenters. The fourth-order valence-corrected chi connectivity index (χ4v) is 2.70. The van der Waals surface area contributed by atoms with Crippen LogP contribution in [0.15, 0.2) is 29.8 Å². The first-order valence-corrected chi connectivity index (χ1v) is 6.96. The van der Waals surface area contributed by atoms with E-state index in [1.165, 1.54) is 17.4 Å². The molecule has 0 unspecified atom stereocenters. The summed E-state index contributed by atoms with van der Waals surface area (Å²) in [7, 11) is 0. The van der Waals surface area contributed by atoms with Crippen LogP contribution in [0.5, 0.6) is 0 Å². The highest BCUT2D eigenvalue weighted by Crippen LogP contribution is 2.20. The minimum absolute atomic E-state index is 0.231. The summed E-state index contributed by atoms with van der Waals surface area (Å²) in [6.45, 7) is 2.14. The fraction of sp³-hybridized carbons (Fsp3) is 0.143. The number of benzene rings is 1. The van der Waals surface area contributed by atoms with E-state index in [0.29, 0.717) is 23.6 Å². The number of halogens is 1. The third-order valence-electron chi connectivity index (χ3n) is 3.11. The lowest BCUT2D eigenvalue weighted by molar-refractivity contribution is 0.111. The summed E-state index contributed by atoms with van der Waals surface area (Å²) in [6, 6.07) is 5.07. The molecule has 0 aliphatic heterocycles. The van der Waals surface area contributed by atoms with Crippen LogP contribution < -0.4 is 5.32 Å². The molecular weight excluding hydrogens is 277 g/mol. The lowest BCUT2D eigenvalue weighted by Crippen LogP contribution is -2.03. The maximum Gasteiger partial charge on any atom is 0.196 e. The number of aryl methyl sites for hydroxylation is 1. The zero-order valence-electron chi connectivity index (χ0n) is 10.8. The van der Waals surface area contributed by atoms with E-state index in [2.05, 4.69) is 10.3 Å². The molecule has 102 valence electrons. The minimum Gasteiger partial charge on any atom is -0.364 e. The molecule has 0 bridgehead atoms. The Labute approximate surface area is 118 Å². The van der Waals surface area contributed by atoms with Gasteiger partial charge in [-0.15, -0.1) is 11.3 Å². The molecule has 2 aromatic heterocycles. The molecule has 0 saturated heterocycles. The Morgan fingerprint density at radius 1 is 1.50 bits per heavy atom. The summed E-state index contributed by atoms with van der Waals surface area (Å²) in [6.07, 6.45) is 2.57. The number of aldehydes is 1. The van der Waals surface area contributed by atoms with Crippen molar-refractivity contribution >= 4 is 28.4 Å². The van der Waals surface area contributed by atoms with Crippen LogP contribution in [0.2, 0.25) is 0 Å². The monoisotopic (exact) mass is 289 g/mol. The second kappa shape index (κ2) is 5.05. The molecule has 0 radical (unpaired) electrons. The number of fused-ring (bicyclic) bond motifs is 1. The molecule has 0 aliphatic rings. The van der Waals surface area contributed by atoms with Crippen LogP contribution in [0.4, 0.5) is 10.2 Å². The molecule has 0 amide bonds. The van der Waals surface area contributed by atoms with E-state index in [1.54, 1.807) is 23.6 Å². The number of hydrogen-bond donors (Lipinski definition) is 1. The van der Waals surface area contributed by atoms with Gasteiger partial charge in [-0.1, -0.05) is 12.1 Å². The van der Waals surface area contributed by atoms with E-state index in [1.807, 2.05) is 11.4 Å². The summed E-state index contributed by atoms with van der Waals surface area (Å²) in [5, 5.41) is 4.95. The van der Waals surface area contributed by atoms with E-state index in [4.69, 9.17) is 0 Å². The summed E-state index contributed by atoms with van der Waals surface area (Å²) >= 11 is 1.46. The van der Waals surface area contributed by atoms with Gasteiger partial charge in [-0.25, -0.2) is 9.37 Å². The highest BCUT2D eigenvalue weighted by atomic mass is 32.1. The molecule has 3 aromatic rings. The topological polar surface area (TPSA) is 46.4 Å². The number of hydrogen-bond acceptors (Lipinski definition) is 4. The van der Waals surface area contributed by atoms with E-state index in [9.17, 15) is 9.18 Å². The first-order chi connectivity index (χ1) is 9.69. The normalized spacial score (nSPS) is 10.9. The standard InChI is InChI=1S/C14H12FN3OS/c1-9-2-3-10(6-11(9)15)7-16-13-12(8-19)18-4-5-20-14(18)17-13/h2-6,8,16H,7H2,1H3. The Hall–Kier alpha value is -2.21. The Morgan fingerprint density at radius 2 is 2.35 bits per heavy atom. The number of nitrogens with zero attached hydrogens (tertiary/aromatic N) is 2. The van der Waals surface area contributed by atoms with E-state index in [0.717, 1.165) is 16.8 Å². The molecule has 0 fully saturated rings. The fourth-order valence-electron chi connectivity index (χ4n) is 1.98. The van der Waals surface area contributed by atoms with Gasteiger partial charge in [0.25, 0.3) is 0 Å². The molecule has 0 aliphatic carbocycles. The molecule has 3 rings (SSSR count). The molecule has 4 nitrogen and oxygen atoms in total. The Bertz CT molecular complexity index is 778. The van der Waals surface area contributed by atoms with Gasteiger partial charge in [0.2, 0.25) is 0 Å². The van der Waals surface area contributed by atoms with Gasteiger partial charge >= 0.3 is 0 Å². The molecule has 2 heterocycles. The zero-order chi connectivity index (χ0) is 14.1. The van der Waals surface area contributed by atoms with Crippen molar-refractivity contribution in [2.24, 2.45) is 0 Å². The second-order valence-electron chi connectivity index (χ2n) is 4.46. The van der Waals surface area contributed by atoms with E-state index in [-0.39, 0.29) is 5.82 Å². The molecule has 0 saturated carbocycles. The molecule has 6 heteroatoms. The van der Waals surface area contributed by atoms with Crippen LogP contribution in [-0.4, -0.2) is 15.7 Å². The van der Waals surface area contributed by atoms with Crippen LogP contribution in [-0.2, 0) is 6.54 Å². The summed E-state index contributed by atoms with van der Waals surface area (Å²) in [5.74, 6) is 0.290. The Kier molecular flexibility index (Phi) is 3.23. The third kappa shape index (κ3) is 2.18. The average Bonchev–Trinajstić information content (AvgIpc) is 3.00. The maximum absolute atomic E-state index is 13.5. The number of aromatic nitrogens is 2. The van der Waals surface area contributed by atoms with Gasteiger partial charge < -0.3 is 5.32 Å². The third-order valence-corrected chi connectivity index (χ3v) is 3.86. The summed E-state index contributed by atoms with van der Waals surface area (Å²) in [4.78, 5) is 16.3. The van der Waals surface area contributed by atoms with E-state index >= 15 is 0 Å². The van der Waals surface area contributed by atoms with Crippen LogP contribution in [0.25, 0.3) is 4.96 Å². The highest BCUT2D eigenvalue weighted by molar-refractivity contribution is 7.15. The van der Waals surface area contributed by atoms with Crippen molar-refractivity contribution < 1.29 is 9.18 Å². The summed E-state index contributed by atoms with van der Waals surface area (Å²) < 4.78 is 15.2. The van der Waals surface area contributed by atoms with Crippen molar-refractivity contribution in [3.8, 4) is 0 Å². The highest BCUT2D eigenvalue weighted by Gasteiger charge is 2.12. The number of thiazole rings is 1. The average molecular weight is 289 g/mol. The van der Waals surface area contributed by atoms with Crippen LogP contribution in [0, 0.1) is 12.7 Å². The van der Waals surface area contributed by atoms with Gasteiger partial charge in [0, 0.05) is 18.1 Å². The van der Waals surface area contributed by atoms with Gasteiger partial charge in [-0.2, -0.15) is 0 Å². The first kappa shape index (κ1) is 12.8. The number of anilines is 1. The van der Waals surface area contributed by atoms with Crippen LogP contribution in [0.1, 0.15) is 21.6 Å². The van der Waals surface area contributed by atoms with Crippen molar-refractivity contribution in [3.63, 3.8) is 0 Å². The molecule has 0 spiro atoms. The predicted octanol–water partition coefficient (Wildman–Crippen LogP) is 3.27. The van der Waals surface area contributed by atoms with Gasteiger partial charge in [-0.3, -0.25) is 9.20 Å². The number of rotatable bonds is 4. The second-order valence-corrected chi connectivity index (χ2v) is 5.33. The Balaban J connectivity index is 1.84. The smallest absolute Gasteiger partial charge is 0.196 e. The van der Waals surface area contributed by atoms with Gasteiger partial charge in [-0.05, 0) is 24.1 Å². The van der Waals surface area contributed by atoms with Gasteiger partial charge in [0.1, 0.15) is 11.5 Å². The van der Waals surface area contributed by atoms with E-state index < -0.39 is 0 Å². The number of carbonyl (C=O) groups is 1. The van der Waals surface area contributed by atoms with Crippen molar-refractivity contribution in [1.82, 2.24) is 9.38 Å². The van der Waals surface area contributed by atoms with Crippen molar-refractivity contribution in [2.45, 2.75) is 13.5 Å². The number of imidazole rings is 1. The zero-order valence-corrected chi connectivity index (χ0v) is 11.6. The maximum atomic E-state index is 13.5. The summed E-state index contributed by atoms with van der Waals surface area (Å²) in [5.41, 5.74) is 1.90. The molecule has 1 aromatic carbocycles. The number of nitrogens with one attached hydrogen (secondary N) is 1.